The van der Waals surface area contributed by atoms with Crippen LogP contribution in [0.25, 0.3) is 0 Å². The highest BCUT2D eigenvalue weighted by molar-refractivity contribution is 5.81. The Balaban J connectivity index is 2.72. The lowest BCUT2D eigenvalue weighted by Crippen LogP contribution is -2.37. The van der Waals surface area contributed by atoms with Gasteiger partial charge in [-0.25, -0.2) is 0 Å². The minimum Gasteiger partial charge on any atom is -0.388 e. The Hall–Kier alpha value is -1.55. The molecule has 0 saturated carbocycles. The summed E-state index contributed by atoms with van der Waals surface area (Å²) in [5.41, 5.74) is 1.77. The van der Waals surface area contributed by atoms with Crippen LogP contribution in [0.1, 0.15) is 38.9 Å². The van der Waals surface area contributed by atoms with Crippen molar-refractivity contribution in [3.63, 3.8) is 0 Å². The minimum atomic E-state index is -0.493. The lowest BCUT2D eigenvalue weighted by molar-refractivity contribution is -0.119. The minimum absolute atomic E-state index is 0.00184. The molecule has 112 valence electrons. The van der Waals surface area contributed by atoms with E-state index in [0.717, 1.165) is 11.3 Å². The van der Waals surface area contributed by atoms with Crippen molar-refractivity contribution < 1.29 is 9.90 Å². The summed E-state index contributed by atoms with van der Waals surface area (Å²) in [5.74, 6) is 0.445. The van der Waals surface area contributed by atoms with Gasteiger partial charge in [-0.15, -0.1) is 0 Å². The van der Waals surface area contributed by atoms with Crippen LogP contribution >= 0.6 is 0 Å². The van der Waals surface area contributed by atoms with Gasteiger partial charge in [0.1, 0.15) is 0 Å². The molecule has 0 spiro atoms. The molecule has 0 radical (unpaired) electrons. The number of nitrogens with zero attached hydrogens (tertiary/aromatic N) is 1. The second-order valence-corrected chi connectivity index (χ2v) is 5.54. The zero-order chi connectivity index (χ0) is 15.1. The summed E-state index contributed by atoms with van der Waals surface area (Å²) >= 11 is 0. The molecular weight excluding hydrogens is 252 g/mol. The molecule has 1 aromatic carbocycles. The highest BCUT2D eigenvalue weighted by Crippen LogP contribution is 2.27. The molecule has 0 saturated heterocycles. The van der Waals surface area contributed by atoms with Gasteiger partial charge >= 0.3 is 0 Å². The number of carbonyl (C=O) groups excluding carboxylic acids is 1. The molecule has 4 nitrogen and oxygen atoms in total. The molecule has 1 atom stereocenters. The van der Waals surface area contributed by atoms with E-state index in [1.165, 1.54) is 0 Å². The molecule has 0 aliphatic heterocycles. The first-order valence-corrected chi connectivity index (χ1v) is 7.20. The Kier molecular flexibility index (Phi) is 6.52. The molecule has 0 heterocycles. The third-order valence-electron chi connectivity index (χ3n) is 3.18. The number of nitrogens with one attached hydrogen (secondary N) is 1. The molecular formula is C16H26N2O2. The van der Waals surface area contributed by atoms with Gasteiger partial charge < -0.3 is 15.3 Å². The fourth-order valence-electron chi connectivity index (χ4n) is 2.01. The van der Waals surface area contributed by atoms with Crippen LogP contribution in [0, 0.1) is 5.92 Å². The van der Waals surface area contributed by atoms with Crippen molar-refractivity contribution in [3.8, 4) is 0 Å². The molecule has 0 unspecified atom stereocenters. The van der Waals surface area contributed by atoms with Gasteiger partial charge in [-0.2, -0.15) is 0 Å². The number of para-hydroxylation sites is 1. The van der Waals surface area contributed by atoms with E-state index in [1.54, 1.807) is 0 Å². The average Bonchev–Trinajstić information content (AvgIpc) is 2.44. The van der Waals surface area contributed by atoms with Crippen LogP contribution in [0.5, 0.6) is 0 Å². The highest BCUT2D eigenvalue weighted by Gasteiger charge is 2.15. The summed E-state index contributed by atoms with van der Waals surface area (Å²) in [5, 5.41) is 12.9. The standard InChI is InChI=1S/C16H26N2O2/c1-5-15(19)13-8-6-7-9-14(13)18(4)11-16(20)17-10-12(2)3/h6-9,12,15,19H,5,10-11H2,1-4H3,(H,17,20)/t15-/m1/s1. The van der Waals surface area contributed by atoms with Crippen LogP contribution in [0.4, 0.5) is 5.69 Å². The van der Waals surface area contributed by atoms with Gasteiger partial charge in [0, 0.05) is 24.8 Å². The van der Waals surface area contributed by atoms with Crippen LogP contribution < -0.4 is 10.2 Å². The summed E-state index contributed by atoms with van der Waals surface area (Å²) < 4.78 is 0. The molecule has 1 rings (SSSR count). The van der Waals surface area contributed by atoms with Crippen LogP contribution in [-0.2, 0) is 4.79 Å². The maximum atomic E-state index is 11.9. The second kappa shape index (κ2) is 7.90. The third kappa shape index (κ3) is 4.85. The SMILES string of the molecule is CC[C@@H](O)c1ccccc1N(C)CC(=O)NCC(C)C. The van der Waals surface area contributed by atoms with Crippen molar-refractivity contribution in [2.45, 2.75) is 33.3 Å². The summed E-state index contributed by atoms with van der Waals surface area (Å²) in [7, 11) is 1.87. The number of aliphatic hydroxyl groups excluding tert-OH is 1. The van der Waals surface area contributed by atoms with E-state index in [1.807, 2.05) is 43.1 Å². The number of aliphatic hydroxyl groups is 1. The highest BCUT2D eigenvalue weighted by atomic mass is 16.3. The lowest BCUT2D eigenvalue weighted by Gasteiger charge is -2.24. The van der Waals surface area contributed by atoms with Gasteiger partial charge in [0.2, 0.25) is 5.91 Å². The van der Waals surface area contributed by atoms with Crippen molar-refractivity contribution in [1.29, 1.82) is 0 Å². The fraction of sp³-hybridized carbons (Fsp3) is 0.562. The number of benzene rings is 1. The Morgan fingerprint density at radius 1 is 1.35 bits per heavy atom. The predicted molar refractivity (Wildman–Crippen MR) is 82.8 cm³/mol. The normalized spacial score (nSPS) is 12.3. The molecule has 0 aliphatic rings. The summed E-state index contributed by atoms with van der Waals surface area (Å²) in [4.78, 5) is 13.7. The van der Waals surface area contributed by atoms with Gasteiger partial charge in [0.15, 0.2) is 0 Å². The average molecular weight is 278 g/mol. The van der Waals surface area contributed by atoms with Crippen LogP contribution in [0.15, 0.2) is 24.3 Å². The lowest BCUT2D eigenvalue weighted by atomic mass is 10.0. The molecule has 2 N–H and O–H groups in total. The molecule has 1 amide bonds. The van der Waals surface area contributed by atoms with Gasteiger partial charge in [0.25, 0.3) is 0 Å². The van der Waals surface area contributed by atoms with Gasteiger partial charge in [-0.3, -0.25) is 4.79 Å². The molecule has 0 bridgehead atoms. The van der Waals surface area contributed by atoms with Crippen molar-refractivity contribution in [2.75, 3.05) is 25.0 Å². The number of carbonyl (C=O) groups is 1. The predicted octanol–water partition coefficient (Wildman–Crippen LogP) is 2.34. The van der Waals surface area contributed by atoms with Crippen molar-refractivity contribution in [3.05, 3.63) is 29.8 Å². The largest absolute Gasteiger partial charge is 0.388 e. The van der Waals surface area contributed by atoms with E-state index in [-0.39, 0.29) is 5.91 Å². The maximum absolute atomic E-state index is 11.9. The van der Waals surface area contributed by atoms with E-state index < -0.39 is 6.10 Å². The molecule has 1 aromatic rings. The van der Waals surface area contributed by atoms with Crippen LogP contribution in [0.3, 0.4) is 0 Å². The van der Waals surface area contributed by atoms with Crippen molar-refractivity contribution in [1.82, 2.24) is 5.32 Å². The first-order chi connectivity index (χ1) is 9.45. The van der Waals surface area contributed by atoms with E-state index in [2.05, 4.69) is 19.2 Å². The Labute approximate surface area is 121 Å². The maximum Gasteiger partial charge on any atom is 0.239 e. The van der Waals surface area contributed by atoms with Crippen LogP contribution in [-0.4, -0.2) is 31.2 Å². The van der Waals surface area contributed by atoms with Crippen molar-refractivity contribution in [2.24, 2.45) is 5.92 Å². The summed E-state index contributed by atoms with van der Waals surface area (Å²) in [6.45, 7) is 7.05. The Bertz CT molecular complexity index is 432. The first kappa shape index (κ1) is 16.5. The van der Waals surface area contributed by atoms with Crippen molar-refractivity contribution >= 4 is 11.6 Å². The van der Waals surface area contributed by atoms with E-state index in [4.69, 9.17) is 0 Å². The number of anilines is 1. The summed E-state index contributed by atoms with van der Waals surface area (Å²) in [6.07, 6.45) is 0.164. The van der Waals surface area contributed by atoms with Gasteiger partial charge in [0.05, 0.1) is 12.6 Å². The Morgan fingerprint density at radius 3 is 2.60 bits per heavy atom. The zero-order valence-electron chi connectivity index (χ0n) is 12.9. The molecule has 0 aromatic heterocycles. The number of likely N-dealkylation sites (N-methyl/N-ethyl adjacent to an activating group) is 1. The zero-order valence-corrected chi connectivity index (χ0v) is 12.9. The number of hydrogen-bond acceptors (Lipinski definition) is 3. The second-order valence-electron chi connectivity index (χ2n) is 5.54. The van der Waals surface area contributed by atoms with E-state index in [9.17, 15) is 9.90 Å². The molecule has 0 aliphatic carbocycles. The summed E-state index contributed by atoms with van der Waals surface area (Å²) in [6, 6.07) is 7.67. The smallest absolute Gasteiger partial charge is 0.239 e. The molecule has 20 heavy (non-hydrogen) atoms. The monoisotopic (exact) mass is 278 g/mol. The topological polar surface area (TPSA) is 52.6 Å². The Morgan fingerprint density at radius 2 is 2.00 bits per heavy atom. The van der Waals surface area contributed by atoms with Crippen LogP contribution in [0.2, 0.25) is 0 Å². The van der Waals surface area contributed by atoms with E-state index >= 15 is 0 Å². The number of amides is 1. The number of hydrogen-bond donors (Lipinski definition) is 2. The fourth-order valence-corrected chi connectivity index (χ4v) is 2.01. The van der Waals surface area contributed by atoms with Gasteiger partial charge in [-0.1, -0.05) is 39.0 Å². The van der Waals surface area contributed by atoms with E-state index in [0.29, 0.717) is 25.4 Å². The molecule has 0 fully saturated rings. The first-order valence-electron chi connectivity index (χ1n) is 7.20. The third-order valence-corrected chi connectivity index (χ3v) is 3.18. The quantitative estimate of drug-likeness (QED) is 0.805. The number of rotatable bonds is 7. The van der Waals surface area contributed by atoms with Gasteiger partial charge in [-0.05, 0) is 18.4 Å². The molecule has 4 heteroatoms.